The Hall–Kier alpha value is -2.81. The van der Waals surface area contributed by atoms with Crippen LogP contribution in [0.4, 0.5) is 6.01 Å². The number of rotatable bonds is 3. The number of nitrogens with zero attached hydrogens (tertiary/aromatic N) is 3. The molecule has 0 fully saturated rings. The quantitative estimate of drug-likeness (QED) is 0.760. The van der Waals surface area contributed by atoms with Crippen LogP contribution in [0.3, 0.4) is 0 Å². The van der Waals surface area contributed by atoms with Crippen LogP contribution in [0.5, 0.6) is 0 Å². The zero-order chi connectivity index (χ0) is 15.7. The van der Waals surface area contributed by atoms with Gasteiger partial charge in [-0.2, -0.15) is 0 Å². The van der Waals surface area contributed by atoms with Crippen LogP contribution in [0.15, 0.2) is 27.5 Å². The monoisotopic (exact) mass is 317 g/mol. The minimum Gasteiger partial charge on any atom is -0.402 e. The predicted octanol–water partition coefficient (Wildman–Crippen LogP) is 1.75. The summed E-state index contributed by atoms with van der Waals surface area (Å²) in [4.78, 5) is 31.0. The zero-order valence-corrected chi connectivity index (χ0v) is 12.5. The molecule has 0 bridgehead atoms. The number of aryl methyl sites for hydroxylation is 2. The zero-order valence-electron chi connectivity index (χ0n) is 11.7. The summed E-state index contributed by atoms with van der Waals surface area (Å²) in [5.41, 5.74) is 0.254. The maximum atomic E-state index is 12.0. The van der Waals surface area contributed by atoms with E-state index in [1.54, 1.807) is 6.07 Å². The van der Waals surface area contributed by atoms with Crippen molar-refractivity contribution < 1.29 is 9.21 Å². The third kappa shape index (κ3) is 2.66. The van der Waals surface area contributed by atoms with E-state index in [2.05, 4.69) is 25.5 Å². The first kappa shape index (κ1) is 14.1. The van der Waals surface area contributed by atoms with Gasteiger partial charge in [0.1, 0.15) is 10.4 Å². The van der Waals surface area contributed by atoms with Gasteiger partial charge in [0.2, 0.25) is 0 Å². The summed E-state index contributed by atoms with van der Waals surface area (Å²) in [6, 6.07) is 2.88. The summed E-state index contributed by atoms with van der Waals surface area (Å²) in [5, 5.41) is 10.9. The Bertz CT molecular complexity index is 895. The number of aromatic nitrogens is 4. The lowest BCUT2D eigenvalue weighted by Gasteiger charge is -1.98. The van der Waals surface area contributed by atoms with E-state index in [-0.39, 0.29) is 17.5 Å². The maximum Gasteiger partial charge on any atom is 0.322 e. The Labute approximate surface area is 128 Å². The molecular weight excluding hydrogens is 306 g/mol. The Balaban J connectivity index is 1.83. The molecule has 112 valence electrons. The third-order valence-corrected chi connectivity index (χ3v) is 3.87. The molecule has 0 atom stereocenters. The van der Waals surface area contributed by atoms with Crippen LogP contribution in [0, 0.1) is 13.8 Å². The highest BCUT2D eigenvalue weighted by atomic mass is 32.1. The van der Waals surface area contributed by atoms with Gasteiger partial charge in [-0.05, 0) is 26.0 Å². The molecule has 0 radical (unpaired) electrons. The number of carbonyl (C=O) groups excluding carboxylic acids is 1. The Morgan fingerprint density at radius 2 is 2.18 bits per heavy atom. The fraction of sp³-hybridized carbons (Fsp3) is 0.154. The van der Waals surface area contributed by atoms with Crippen LogP contribution in [0.2, 0.25) is 0 Å². The van der Waals surface area contributed by atoms with Crippen LogP contribution < -0.4 is 10.9 Å². The van der Waals surface area contributed by atoms with Gasteiger partial charge in [-0.25, -0.2) is 4.98 Å². The van der Waals surface area contributed by atoms with Crippen LogP contribution in [-0.4, -0.2) is 26.1 Å². The number of H-pyrrole nitrogens is 1. The molecule has 0 unspecified atom stereocenters. The summed E-state index contributed by atoms with van der Waals surface area (Å²) in [7, 11) is 0. The normalized spacial score (nSPS) is 10.6. The number of thiazole rings is 1. The first-order valence-corrected chi connectivity index (χ1v) is 7.13. The van der Waals surface area contributed by atoms with Gasteiger partial charge in [0.15, 0.2) is 0 Å². The van der Waals surface area contributed by atoms with Crippen molar-refractivity contribution in [3.8, 4) is 10.8 Å². The van der Waals surface area contributed by atoms with Crippen LogP contribution in [-0.2, 0) is 0 Å². The van der Waals surface area contributed by atoms with Crippen molar-refractivity contribution in [2.75, 3.05) is 5.32 Å². The number of hydrogen-bond donors (Lipinski definition) is 2. The van der Waals surface area contributed by atoms with E-state index in [1.165, 1.54) is 23.6 Å². The fourth-order valence-corrected chi connectivity index (χ4v) is 2.70. The second kappa shape index (κ2) is 5.53. The largest absolute Gasteiger partial charge is 0.402 e. The standard InChI is InChI=1S/C13H11N5O3S/c1-6-9(22-7(2)15-6)12-17-18-13(21-12)16-11(20)8-4-3-5-14-10(8)19/h3-5H,1-2H3,(H,14,19)(H,16,18,20). The Kier molecular flexibility index (Phi) is 3.55. The van der Waals surface area contributed by atoms with Crippen molar-refractivity contribution in [3.63, 3.8) is 0 Å². The lowest BCUT2D eigenvalue weighted by Crippen LogP contribution is -2.22. The second-order valence-corrected chi connectivity index (χ2v) is 5.63. The second-order valence-electron chi connectivity index (χ2n) is 4.43. The average molecular weight is 317 g/mol. The summed E-state index contributed by atoms with van der Waals surface area (Å²) in [5.74, 6) is -0.338. The Morgan fingerprint density at radius 1 is 1.36 bits per heavy atom. The van der Waals surface area contributed by atoms with E-state index in [4.69, 9.17) is 4.42 Å². The van der Waals surface area contributed by atoms with E-state index >= 15 is 0 Å². The van der Waals surface area contributed by atoms with E-state index in [1.807, 2.05) is 13.8 Å². The smallest absolute Gasteiger partial charge is 0.322 e. The van der Waals surface area contributed by atoms with Crippen molar-refractivity contribution in [2.24, 2.45) is 0 Å². The Morgan fingerprint density at radius 3 is 2.86 bits per heavy atom. The van der Waals surface area contributed by atoms with Gasteiger partial charge >= 0.3 is 6.01 Å². The molecule has 0 saturated heterocycles. The number of carbonyl (C=O) groups is 1. The molecule has 0 aliphatic rings. The lowest BCUT2D eigenvalue weighted by atomic mass is 10.2. The topological polar surface area (TPSA) is 114 Å². The molecule has 0 aliphatic heterocycles. The number of pyridine rings is 1. The van der Waals surface area contributed by atoms with E-state index in [0.29, 0.717) is 0 Å². The highest BCUT2D eigenvalue weighted by Gasteiger charge is 2.17. The number of amides is 1. The molecule has 3 aromatic rings. The lowest BCUT2D eigenvalue weighted by molar-refractivity contribution is 0.102. The van der Waals surface area contributed by atoms with Gasteiger partial charge in [0.05, 0.1) is 10.7 Å². The molecule has 8 nitrogen and oxygen atoms in total. The molecule has 9 heteroatoms. The highest BCUT2D eigenvalue weighted by molar-refractivity contribution is 7.15. The number of anilines is 1. The number of aromatic amines is 1. The van der Waals surface area contributed by atoms with Crippen LogP contribution in [0.25, 0.3) is 10.8 Å². The fourth-order valence-electron chi connectivity index (χ4n) is 1.86. The summed E-state index contributed by atoms with van der Waals surface area (Å²) in [6.45, 7) is 3.71. The van der Waals surface area contributed by atoms with E-state index in [0.717, 1.165) is 15.6 Å². The summed E-state index contributed by atoms with van der Waals surface area (Å²) >= 11 is 1.42. The first-order chi connectivity index (χ1) is 10.5. The van der Waals surface area contributed by atoms with E-state index in [9.17, 15) is 9.59 Å². The molecule has 0 spiro atoms. The van der Waals surface area contributed by atoms with Crippen molar-refractivity contribution in [1.29, 1.82) is 0 Å². The maximum absolute atomic E-state index is 12.0. The third-order valence-electron chi connectivity index (χ3n) is 2.81. The minimum atomic E-state index is -0.616. The van der Waals surface area contributed by atoms with Gasteiger partial charge in [-0.15, -0.1) is 16.4 Å². The van der Waals surface area contributed by atoms with Gasteiger partial charge in [-0.3, -0.25) is 14.9 Å². The molecule has 22 heavy (non-hydrogen) atoms. The van der Waals surface area contributed by atoms with Crippen molar-refractivity contribution >= 4 is 23.3 Å². The minimum absolute atomic E-state index is 0.0351. The first-order valence-electron chi connectivity index (χ1n) is 6.31. The van der Waals surface area contributed by atoms with Crippen molar-refractivity contribution in [3.05, 3.63) is 44.9 Å². The molecule has 2 N–H and O–H groups in total. The van der Waals surface area contributed by atoms with Crippen molar-refractivity contribution in [1.82, 2.24) is 20.2 Å². The molecule has 3 aromatic heterocycles. The highest BCUT2D eigenvalue weighted by Crippen LogP contribution is 2.29. The number of nitrogens with one attached hydrogen (secondary N) is 2. The summed E-state index contributed by atoms with van der Waals surface area (Å²) < 4.78 is 5.40. The molecule has 0 saturated carbocycles. The molecular formula is C13H11N5O3S. The molecule has 1 amide bonds. The van der Waals surface area contributed by atoms with Gasteiger partial charge in [0.25, 0.3) is 17.4 Å². The molecule has 0 aliphatic carbocycles. The molecule has 3 rings (SSSR count). The molecule has 3 heterocycles. The van der Waals surface area contributed by atoms with Crippen LogP contribution >= 0.6 is 11.3 Å². The molecule has 0 aromatic carbocycles. The average Bonchev–Trinajstić information content (AvgIpc) is 3.05. The van der Waals surface area contributed by atoms with Gasteiger partial charge in [-0.1, -0.05) is 5.10 Å². The van der Waals surface area contributed by atoms with Gasteiger partial charge in [0, 0.05) is 6.20 Å². The number of hydrogen-bond acceptors (Lipinski definition) is 7. The van der Waals surface area contributed by atoms with E-state index < -0.39 is 11.5 Å². The SMILES string of the molecule is Cc1nc(C)c(-c2nnc(NC(=O)c3ccc[nH]c3=O)o2)s1. The summed E-state index contributed by atoms with van der Waals surface area (Å²) in [6.07, 6.45) is 1.44. The van der Waals surface area contributed by atoms with Crippen molar-refractivity contribution in [2.45, 2.75) is 13.8 Å². The van der Waals surface area contributed by atoms with Crippen LogP contribution in [0.1, 0.15) is 21.1 Å². The predicted molar refractivity (Wildman–Crippen MR) is 79.9 cm³/mol. The van der Waals surface area contributed by atoms with Gasteiger partial charge < -0.3 is 9.40 Å².